The van der Waals surface area contributed by atoms with Crippen molar-refractivity contribution in [2.24, 2.45) is 0 Å². The molecule has 5 nitrogen and oxygen atoms in total. The van der Waals surface area contributed by atoms with E-state index in [-0.39, 0.29) is 27.6 Å². The summed E-state index contributed by atoms with van der Waals surface area (Å²) < 4.78 is 71.5. The van der Waals surface area contributed by atoms with Crippen molar-refractivity contribution in [1.82, 2.24) is 0 Å². The Hall–Kier alpha value is -3.22. The van der Waals surface area contributed by atoms with Crippen LogP contribution in [0.25, 0.3) is 0 Å². The molecule has 0 unspecified atom stereocenters. The van der Waals surface area contributed by atoms with Gasteiger partial charge in [0.15, 0.2) is 0 Å². The molecule has 3 aromatic carbocycles. The van der Waals surface area contributed by atoms with Crippen LogP contribution in [0.1, 0.15) is 11.1 Å². The van der Waals surface area contributed by atoms with E-state index in [9.17, 15) is 26.9 Å². The summed E-state index contributed by atoms with van der Waals surface area (Å²) in [4.78, 5) is 0.0321. The van der Waals surface area contributed by atoms with Crippen molar-refractivity contribution in [3.63, 3.8) is 0 Å². The van der Waals surface area contributed by atoms with Gasteiger partial charge in [-0.1, -0.05) is 29.8 Å². The minimum absolute atomic E-state index is 0.0321. The van der Waals surface area contributed by atoms with Gasteiger partial charge in [-0.3, -0.25) is 4.72 Å². The second kappa shape index (κ2) is 8.26. The van der Waals surface area contributed by atoms with E-state index in [2.05, 4.69) is 4.72 Å². The first-order valence-corrected chi connectivity index (χ1v) is 10.1. The molecule has 0 fully saturated rings. The Bertz CT molecular complexity index is 1220. The highest BCUT2D eigenvalue weighted by Crippen LogP contribution is 2.38. The predicted molar refractivity (Wildman–Crippen MR) is 105 cm³/mol. The largest absolute Gasteiger partial charge is 0.456 e. The summed E-state index contributed by atoms with van der Waals surface area (Å²) in [5.41, 5.74) is -1.06. The van der Waals surface area contributed by atoms with Crippen molar-refractivity contribution in [2.45, 2.75) is 11.1 Å². The normalized spacial score (nSPS) is 11.6. The van der Waals surface area contributed by atoms with Gasteiger partial charge in [0.1, 0.15) is 17.6 Å². The van der Waals surface area contributed by atoms with E-state index < -0.39 is 26.8 Å². The molecule has 3 aromatic rings. The summed E-state index contributed by atoms with van der Waals surface area (Å²) in [6.45, 7) is 0. The molecule has 10 heteroatoms. The van der Waals surface area contributed by atoms with Gasteiger partial charge in [0.05, 0.1) is 26.7 Å². The number of alkyl halides is 3. The number of rotatable bonds is 5. The molecule has 1 N–H and O–H groups in total. The third kappa shape index (κ3) is 4.84. The molecule has 0 heterocycles. The molecule has 3 rings (SSSR count). The third-order valence-electron chi connectivity index (χ3n) is 3.88. The lowest BCUT2D eigenvalue weighted by molar-refractivity contribution is -0.137. The fourth-order valence-corrected chi connectivity index (χ4v) is 3.79. The molecule has 0 aliphatic carbocycles. The second-order valence-electron chi connectivity index (χ2n) is 5.98. The molecule has 30 heavy (non-hydrogen) atoms. The average Bonchev–Trinajstić information content (AvgIpc) is 2.70. The SMILES string of the molecule is N#Cc1cc(NS(=O)(=O)c2ccccc2)ccc1Oc1ccc(Cl)c(C(F)(F)F)c1. The molecule has 0 amide bonds. The monoisotopic (exact) mass is 452 g/mol. The van der Waals surface area contributed by atoms with E-state index in [1.54, 1.807) is 18.2 Å². The Kier molecular flexibility index (Phi) is 5.92. The molecule has 0 atom stereocenters. The number of halogens is 4. The maximum Gasteiger partial charge on any atom is 0.417 e. The maximum atomic E-state index is 13.0. The van der Waals surface area contributed by atoms with Gasteiger partial charge >= 0.3 is 6.18 Å². The highest BCUT2D eigenvalue weighted by molar-refractivity contribution is 7.92. The van der Waals surface area contributed by atoms with E-state index in [4.69, 9.17) is 16.3 Å². The van der Waals surface area contributed by atoms with Crippen LogP contribution < -0.4 is 9.46 Å². The number of benzene rings is 3. The second-order valence-corrected chi connectivity index (χ2v) is 8.07. The van der Waals surface area contributed by atoms with Gasteiger partial charge in [0, 0.05) is 0 Å². The Balaban J connectivity index is 1.88. The number of hydrogen-bond donors (Lipinski definition) is 1. The summed E-state index contributed by atoms with van der Waals surface area (Å²) >= 11 is 5.58. The molecule has 0 radical (unpaired) electrons. The van der Waals surface area contributed by atoms with Crippen molar-refractivity contribution >= 4 is 27.3 Å². The van der Waals surface area contributed by atoms with Gasteiger partial charge in [-0.2, -0.15) is 18.4 Å². The van der Waals surface area contributed by atoms with Gasteiger partial charge in [-0.25, -0.2) is 8.42 Å². The zero-order valence-corrected chi connectivity index (χ0v) is 16.5. The summed E-state index contributed by atoms with van der Waals surface area (Å²) in [5, 5.41) is 8.87. The Morgan fingerprint density at radius 1 is 1.00 bits per heavy atom. The van der Waals surface area contributed by atoms with Gasteiger partial charge in [-0.15, -0.1) is 0 Å². The highest BCUT2D eigenvalue weighted by Gasteiger charge is 2.33. The van der Waals surface area contributed by atoms with Gasteiger partial charge < -0.3 is 4.74 Å². The Morgan fingerprint density at radius 2 is 1.70 bits per heavy atom. The topological polar surface area (TPSA) is 79.2 Å². The standard InChI is InChI=1S/C20H12ClF3N2O3S/c21-18-8-7-15(11-17(18)20(22,23)24)29-19-9-6-14(10-13(19)12-25)26-30(27,28)16-4-2-1-3-5-16/h1-11,26H. The fraction of sp³-hybridized carbons (Fsp3) is 0.0500. The van der Waals surface area contributed by atoms with Crippen LogP contribution in [0.4, 0.5) is 18.9 Å². The molecule has 0 aliphatic rings. The fourth-order valence-electron chi connectivity index (χ4n) is 2.50. The minimum atomic E-state index is -4.67. The first kappa shape index (κ1) is 21.5. The quantitative estimate of drug-likeness (QED) is 0.528. The number of nitrogens with one attached hydrogen (secondary N) is 1. The Labute approximate surface area is 175 Å². The Morgan fingerprint density at radius 3 is 2.33 bits per heavy atom. The van der Waals surface area contributed by atoms with Crippen molar-refractivity contribution in [1.29, 1.82) is 5.26 Å². The predicted octanol–water partition coefficient (Wildman–Crippen LogP) is 5.82. The number of nitriles is 1. The molecule has 154 valence electrons. The van der Waals surface area contributed by atoms with Gasteiger partial charge in [-0.05, 0) is 48.5 Å². The average molecular weight is 453 g/mol. The van der Waals surface area contributed by atoms with Crippen molar-refractivity contribution in [2.75, 3.05) is 4.72 Å². The van der Waals surface area contributed by atoms with Crippen LogP contribution in [0.3, 0.4) is 0 Å². The number of nitrogens with zero attached hydrogens (tertiary/aromatic N) is 1. The highest BCUT2D eigenvalue weighted by atomic mass is 35.5. The van der Waals surface area contributed by atoms with Crippen LogP contribution in [-0.4, -0.2) is 8.42 Å². The zero-order chi connectivity index (χ0) is 21.9. The third-order valence-corrected chi connectivity index (χ3v) is 5.60. The lowest BCUT2D eigenvalue weighted by Crippen LogP contribution is -2.12. The molecule has 0 saturated heterocycles. The van der Waals surface area contributed by atoms with Gasteiger partial charge in [0.2, 0.25) is 0 Å². The van der Waals surface area contributed by atoms with Crippen LogP contribution in [0, 0.1) is 11.3 Å². The number of ether oxygens (including phenoxy) is 1. The van der Waals surface area contributed by atoms with E-state index in [1.165, 1.54) is 36.4 Å². The summed E-state index contributed by atoms with van der Waals surface area (Å²) in [5.74, 6) is -0.226. The number of hydrogen-bond acceptors (Lipinski definition) is 4. The smallest absolute Gasteiger partial charge is 0.417 e. The van der Waals surface area contributed by atoms with Gasteiger partial charge in [0.25, 0.3) is 10.0 Å². The molecular formula is C20H12ClF3N2O3S. The first-order chi connectivity index (χ1) is 14.1. The van der Waals surface area contributed by atoms with Crippen molar-refractivity contribution in [3.05, 3.63) is 82.9 Å². The van der Waals surface area contributed by atoms with Crippen LogP contribution in [-0.2, 0) is 16.2 Å². The summed E-state index contributed by atoms with van der Waals surface area (Å²) in [6, 6.07) is 16.2. The summed E-state index contributed by atoms with van der Waals surface area (Å²) in [7, 11) is -3.88. The molecular weight excluding hydrogens is 441 g/mol. The lowest BCUT2D eigenvalue weighted by atomic mass is 10.2. The van der Waals surface area contributed by atoms with Crippen molar-refractivity contribution in [3.8, 4) is 17.6 Å². The number of sulfonamides is 1. The summed E-state index contributed by atoms with van der Waals surface area (Å²) in [6.07, 6.45) is -4.67. The minimum Gasteiger partial charge on any atom is -0.456 e. The molecule has 0 spiro atoms. The molecule has 0 aromatic heterocycles. The first-order valence-electron chi connectivity index (χ1n) is 8.27. The number of anilines is 1. The lowest BCUT2D eigenvalue weighted by Gasteiger charge is -2.13. The van der Waals surface area contributed by atoms with E-state index >= 15 is 0 Å². The molecule has 0 aliphatic heterocycles. The van der Waals surface area contributed by atoms with Crippen LogP contribution in [0.2, 0.25) is 5.02 Å². The van der Waals surface area contributed by atoms with Crippen LogP contribution in [0.15, 0.2) is 71.6 Å². The maximum absolute atomic E-state index is 13.0. The van der Waals surface area contributed by atoms with Crippen LogP contribution in [0.5, 0.6) is 11.5 Å². The van der Waals surface area contributed by atoms with E-state index in [0.717, 1.165) is 12.1 Å². The van der Waals surface area contributed by atoms with E-state index in [1.807, 2.05) is 6.07 Å². The zero-order valence-electron chi connectivity index (χ0n) is 14.9. The van der Waals surface area contributed by atoms with Crippen LogP contribution >= 0.6 is 11.6 Å². The molecule has 0 bridgehead atoms. The van der Waals surface area contributed by atoms with E-state index in [0.29, 0.717) is 0 Å². The molecule has 0 saturated carbocycles. The van der Waals surface area contributed by atoms with Crippen molar-refractivity contribution < 1.29 is 26.3 Å².